The Kier molecular flexibility index (Phi) is 3.54. The van der Waals surface area contributed by atoms with Crippen molar-refractivity contribution in [3.63, 3.8) is 0 Å². The monoisotopic (exact) mass is 279 g/mol. The molecule has 0 bridgehead atoms. The van der Waals surface area contributed by atoms with Gasteiger partial charge in [0, 0.05) is 12.6 Å². The second-order valence-electron chi connectivity index (χ2n) is 5.24. The third kappa shape index (κ3) is 2.71. The summed E-state index contributed by atoms with van der Waals surface area (Å²) in [6.45, 7) is 2.45. The van der Waals surface area contributed by atoms with E-state index in [0.29, 0.717) is 17.4 Å². The van der Waals surface area contributed by atoms with Crippen LogP contribution in [-0.2, 0) is 6.54 Å². The highest BCUT2D eigenvalue weighted by molar-refractivity contribution is 5.76. The number of hydrogen-bond donors (Lipinski definition) is 1. The number of aromatic nitrogens is 2. The Morgan fingerprint density at radius 1 is 1.14 bits per heavy atom. The van der Waals surface area contributed by atoms with Gasteiger partial charge in [-0.15, -0.1) is 0 Å². The lowest BCUT2D eigenvalue weighted by Gasteiger charge is -2.14. The fourth-order valence-corrected chi connectivity index (χ4v) is 2.37. The quantitative estimate of drug-likeness (QED) is 0.801. The van der Waals surface area contributed by atoms with Gasteiger partial charge in [-0.25, -0.2) is 4.98 Å². The zero-order chi connectivity index (χ0) is 14.8. The molecule has 106 valence electrons. The lowest BCUT2D eigenvalue weighted by Crippen LogP contribution is -2.27. The molecule has 1 unspecified atom stereocenters. The van der Waals surface area contributed by atoms with Crippen LogP contribution >= 0.6 is 0 Å². The molecular weight excluding hydrogens is 262 g/mol. The van der Waals surface area contributed by atoms with Crippen molar-refractivity contribution < 1.29 is 0 Å². The molecule has 0 amide bonds. The number of benzene rings is 2. The van der Waals surface area contributed by atoms with Gasteiger partial charge in [0.2, 0.25) is 0 Å². The van der Waals surface area contributed by atoms with Crippen LogP contribution in [0.2, 0.25) is 0 Å². The van der Waals surface area contributed by atoms with Gasteiger partial charge in [-0.05, 0) is 24.6 Å². The summed E-state index contributed by atoms with van der Waals surface area (Å²) >= 11 is 0. The van der Waals surface area contributed by atoms with Gasteiger partial charge in [0.05, 0.1) is 17.2 Å². The molecule has 0 saturated carbocycles. The van der Waals surface area contributed by atoms with Gasteiger partial charge in [0.15, 0.2) is 0 Å². The van der Waals surface area contributed by atoms with Crippen molar-refractivity contribution in [1.82, 2.24) is 9.55 Å². The molecule has 3 rings (SSSR count). The number of hydrogen-bond acceptors (Lipinski definition) is 3. The molecule has 1 heterocycles. The van der Waals surface area contributed by atoms with Crippen molar-refractivity contribution in [2.24, 2.45) is 5.73 Å². The molecule has 0 radical (unpaired) electrons. The normalized spacial score (nSPS) is 12.5. The van der Waals surface area contributed by atoms with E-state index in [1.165, 1.54) is 5.56 Å². The lowest BCUT2D eigenvalue weighted by atomic mass is 10.1. The zero-order valence-corrected chi connectivity index (χ0v) is 11.9. The van der Waals surface area contributed by atoms with Gasteiger partial charge < -0.3 is 5.73 Å². The molecule has 0 aliphatic heterocycles. The van der Waals surface area contributed by atoms with Crippen LogP contribution < -0.4 is 11.3 Å². The van der Waals surface area contributed by atoms with E-state index in [1.54, 1.807) is 17.0 Å². The third-order valence-corrected chi connectivity index (χ3v) is 3.63. The topological polar surface area (TPSA) is 60.9 Å². The largest absolute Gasteiger partial charge is 0.322 e. The van der Waals surface area contributed by atoms with Gasteiger partial charge >= 0.3 is 0 Å². The molecule has 3 aromatic rings. The number of rotatable bonds is 3. The summed E-state index contributed by atoms with van der Waals surface area (Å²) in [7, 11) is 0. The summed E-state index contributed by atoms with van der Waals surface area (Å²) in [5, 5.41) is 0.621. The van der Waals surface area contributed by atoms with Crippen LogP contribution in [0.1, 0.15) is 17.2 Å². The predicted octanol–water partition coefficient (Wildman–Crippen LogP) is 2.40. The van der Waals surface area contributed by atoms with Crippen LogP contribution in [0.4, 0.5) is 0 Å². The summed E-state index contributed by atoms with van der Waals surface area (Å²) in [5.41, 5.74) is 9.07. The standard InChI is InChI=1S/C17H17N3O/c1-12-6-8-13(9-7-12)15(18)10-20-11-19-16-5-3-2-4-14(16)17(20)21/h2-9,11,15H,10,18H2,1H3. The summed E-state index contributed by atoms with van der Waals surface area (Å²) in [5.74, 6) is 0. The Balaban J connectivity index is 1.93. The minimum absolute atomic E-state index is 0.0526. The van der Waals surface area contributed by atoms with E-state index in [1.807, 2.05) is 49.4 Å². The number of fused-ring (bicyclic) bond motifs is 1. The average Bonchev–Trinajstić information content (AvgIpc) is 2.51. The first kappa shape index (κ1) is 13.5. The van der Waals surface area contributed by atoms with Crippen LogP contribution in [-0.4, -0.2) is 9.55 Å². The number of para-hydroxylation sites is 1. The Morgan fingerprint density at radius 2 is 1.86 bits per heavy atom. The first-order valence-electron chi connectivity index (χ1n) is 6.91. The fraction of sp³-hybridized carbons (Fsp3) is 0.176. The Morgan fingerprint density at radius 3 is 2.62 bits per heavy atom. The van der Waals surface area contributed by atoms with E-state index in [9.17, 15) is 4.79 Å². The Hall–Kier alpha value is -2.46. The van der Waals surface area contributed by atoms with Gasteiger partial charge in [-0.3, -0.25) is 9.36 Å². The maximum absolute atomic E-state index is 12.4. The fourth-order valence-electron chi connectivity index (χ4n) is 2.37. The van der Waals surface area contributed by atoms with E-state index in [2.05, 4.69) is 4.98 Å². The molecule has 0 aliphatic carbocycles. The number of nitrogens with two attached hydrogens (primary N) is 1. The molecule has 0 fully saturated rings. The smallest absolute Gasteiger partial charge is 0.261 e. The average molecular weight is 279 g/mol. The Bertz CT molecular complexity index is 821. The van der Waals surface area contributed by atoms with Crippen molar-refractivity contribution in [3.8, 4) is 0 Å². The summed E-state index contributed by atoms with van der Waals surface area (Å²) in [4.78, 5) is 16.7. The predicted molar refractivity (Wildman–Crippen MR) is 84.1 cm³/mol. The van der Waals surface area contributed by atoms with Gasteiger partial charge in [0.25, 0.3) is 5.56 Å². The van der Waals surface area contributed by atoms with E-state index >= 15 is 0 Å². The van der Waals surface area contributed by atoms with Crippen LogP contribution in [0, 0.1) is 6.92 Å². The third-order valence-electron chi connectivity index (χ3n) is 3.63. The first-order valence-corrected chi connectivity index (χ1v) is 6.91. The van der Waals surface area contributed by atoms with Crippen molar-refractivity contribution >= 4 is 10.9 Å². The van der Waals surface area contributed by atoms with E-state index < -0.39 is 0 Å². The molecule has 2 N–H and O–H groups in total. The van der Waals surface area contributed by atoms with Crippen LogP contribution in [0.3, 0.4) is 0 Å². The molecule has 1 aromatic heterocycles. The SMILES string of the molecule is Cc1ccc(C(N)Cn2cnc3ccccc3c2=O)cc1. The van der Waals surface area contributed by atoms with Crippen molar-refractivity contribution in [2.45, 2.75) is 19.5 Å². The van der Waals surface area contributed by atoms with E-state index in [0.717, 1.165) is 5.56 Å². The molecule has 0 spiro atoms. The van der Waals surface area contributed by atoms with Crippen LogP contribution in [0.15, 0.2) is 59.7 Å². The highest BCUT2D eigenvalue weighted by Crippen LogP contribution is 2.13. The number of aryl methyl sites for hydroxylation is 1. The van der Waals surface area contributed by atoms with E-state index in [4.69, 9.17) is 5.73 Å². The molecule has 0 saturated heterocycles. The van der Waals surface area contributed by atoms with Gasteiger partial charge in [-0.2, -0.15) is 0 Å². The molecule has 4 nitrogen and oxygen atoms in total. The maximum Gasteiger partial charge on any atom is 0.261 e. The molecular formula is C17H17N3O. The van der Waals surface area contributed by atoms with Crippen molar-refractivity contribution in [1.29, 1.82) is 0 Å². The highest BCUT2D eigenvalue weighted by atomic mass is 16.1. The minimum atomic E-state index is -0.230. The van der Waals surface area contributed by atoms with E-state index in [-0.39, 0.29) is 11.6 Å². The zero-order valence-electron chi connectivity index (χ0n) is 11.9. The van der Waals surface area contributed by atoms with Crippen molar-refractivity contribution in [3.05, 3.63) is 76.3 Å². The molecule has 2 aromatic carbocycles. The van der Waals surface area contributed by atoms with Crippen LogP contribution in [0.25, 0.3) is 10.9 Å². The molecule has 21 heavy (non-hydrogen) atoms. The molecule has 1 atom stereocenters. The van der Waals surface area contributed by atoms with Gasteiger partial charge in [-0.1, -0.05) is 42.0 Å². The minimum Gasteiger partial charge on any atom is -0.322 e. The van der Waals surface area contributed by atoms with Crippen LogP contribution in [0.5, 0.6) is 0 Å². The highest BCUT2D eigenvalue weighted by Gasteiger charge is 2.09. The second-order valence-corrected chi connectivity index (χ2v) is 5.24. The lowest BCUT2D eigenvalue weighted by molar-refractivity contribution is 0.558. The molecule has 4 heteroatoms. The summed E-state index contributed by atoms with van der Waals surface area (Å²) in [6, 6.07) is 15.2. The van der Waals surface area contributed by atoms with Gasteiger partial charge in [0.1, 0.15) is 0 Å². The summed E-state index contributed by atoms with van der Waals surface area (Å²) in [6.07, 6.45) is 1.57. The molecule has 0 aliphatic rings. The summed E-state index contributed by atoms with van der Waals surface area (Å²) < 4.78 is 1.58. The Labute approximate surface area is 122 Å². The second kappa shape index (κ2) is 5.50. The number of nitrogens with zero attached hydrogens (tertiary/aromatic N) is 2. The van der Waals surface area contributed by atoms with Crippen molar-refractivity contribution in [2.75, 3.05) is 0 Å². The maximum atomic E-state index is 12.4. The first-order chi connectivity index (χ1) is 10.1.